The molecule has 1 aromatic heterocycles. The van der Waals surface area contributed by atoms with Gasteiger partial charge in [0.25, 0.3) is 0 Å². The molecule has 2 aromatic carbocycles. The fourth-order valence-corrected chi connectivity index (χ4v) is 2.32. The van der Waals surface area contributed by atoms with Gasteiger partial charge in [-0.25, -0.2) is 0 Å². The van der Waals surface area contributed by atoms with E-state index in [9.17, 15) is 0 Å². The smallest absolute Gasteiger partial charge is 0.247 e. The fraction of sp³-hybridized carbons (Fsp3) is 0.222. The van der Waals surface area contributed by atoms with E-state index in [4.69, 9.17) is 13.9 Å². The molecule has 0 saturated carbocycles. The van der Waals surface area contributed by atoms with E-state index in [2.05, 4.69) is 15.5 Å². The molecule has 0 unspecified atom stereocenters. The highest BCUT2D eigenvalue weighted by atomic mass is 16.5. The van der Waals surface area contributed by atoms with E-state index in [0.717, 1.165) is 17.0 Å². The second-order valence-corrected chi connectivity index (χ2v) is 5.24. The molecular weight excluding hydrogens is 306 g/mol. The van der Waals surface area contributed by atoms with Crippen LogP contribution in [0.3, 0.4) is 0 Å². The number of aromatic nitrogens is 2. The summed E-state index contributed by atoms with van der Waals surface area (Å²) in [5.41, 5.74) is 1.72. The van der Waals surface area contributed by atoms with E-state index < -0.39 is 0 Å². The van der Waals surface area contributed by atoms with Gasteiger partial charge in [0.2, 0.25) is 11.8 Å². The zero-order valence-electron chi connectivity index (χ0n) is 13.8. The molecule has 0 radical (unpaired) electrons. The molecule has 1 atom stereocenters. The standard InChI is InChI=1S/C18H19N3O3/c1-12(19-15-10-9-14(22-2)11-16(15)23-3)17-20-21-18(24-17)13-7-5-4-6-8-13/h4-12,19H,1-3H3/t12-/m0/s1. The molecule has 1 N–H and O–H groups in total. The average Bonchev–Trinajstić information content (AvgIpc) is 3.13. The normalized spacial score (nSPS) is 11.8. The van der Waals surface area contributed by atoms with Crippen molar-refractivity contribution >= 4 is 5.69 Å². The first-order valence-electron chi connectivity index (χ1n) is 7.58. The van der Waals surface area contributed by atoms with Gasteiger partial charge < -0.3 is 19.2 Å². The lowest BCUT2D eigenvalue weighted by molar-refractivity contribution is 0.395. The zero-order chi connectivity index (χ0) is 16.9. The molecule has 1 heterocycles. The molecule has 0 saturated heterocycles. The molecule has 3 rings (SSSR count). The van der Waals surface area contributed by atoms with E-state index in [0.29, 0.717) is 17.5 Å². The number of nitrogens with one attached hydrogen (secondary N) is 1. The summed E-state index contributed by atoms with van der Waals surface area (Å²) in [5, 5.41) is 11.6. The Morgan fingerprint density at radius 2 is 1.79 bits per heavy atom. The highest BCUT2D eigenvalue weighted by Gasteiger charge is 2.16. The summed E-state index contributed by atoms with van der Waals surface area (Å²) in [6.45, 7) is 1.95. The second-order valence-electron chi connectivity index (χ2n) is 5.24. The number of hydrogen-bond acceptors (Lipinski definition) is 6. The molecule has 0 aliphatic rings. The number of hydrogen-bond donors (Lipinski definition) is 1. The maximum atomic E-state index is 5.77. The molecule has 0 aliphatic carbocycles. The molecule has 6 nitrogen and oxygen atoms in total. The van der Waals surface area contributed by atoms with Crippen LogP contribution in [0.5, 0.6) is 11.5 Å². The first kappa shape index (κ1) is 15.9. The van der Waals surface area contributed by atoms with E-state index in [1.165, 1.54) is 0 Å². The average molecular weight is 325 g/mol. The topological polar surface area (TPSA) is 69.4 Å². The number of methoxy groups -OCH3 is 2. The van der Waals surface area contributed by atoms with E-state index >= 15 is 0 Å². The van der Waals surface area contributed by atoms with E-state index in [-0.39, 0.29) is 6.04 Å². The third kappa shape index (κ3) is 3.32. The minimum Gasteiger partial charge on any atom is -0.497 e. The summed E-state index contributed by atoms with van der Waals surface area (Å²) >= 11 is 0. The third-order valence-electron chi connectivity index (χ3n) is 3.61. The summed E-state index contributed by atoms with van der Waals surface area (Å²) in [4.78, 5) is 0. The number of rotatable bonds is 6. The van der Waals surface area contributed by atoms with Crippen molar-refractivity contribution in [2.75, 3.05) is 19.5 Å². The van der Waals surface area contributed by atoms with E-state index in [1.807, 2.05) is 55.5 Å². The minimum atomic E-state index is -0.169. The van der Waals surface area contributed by atoms with Crippen LogP contribution in [0.1, 0.15) is 18.9 Å². The van der Waals surface area contributed by atoms with Crippen molar-refractivity contribution in [3.8, 4) is 23.0 Å². The SMILES string of the molecule is COc1ccc(N[C@@H](C)c2nnc(-c3ccccc3)o2)c(OC)c1. The lowest BCUT2D eigenvalue weighted by atomic mass is 10.2. The number of ether oxygens (including phenoxy) is 2. The van der Waals surface area contributed by atoms with Crippen LogP contribution < -0.4 is 14.8 Å². The number of benzene rings is 2. The van der Waals surface area contributed by atoms with Crippen molar-refractivity contribution in [2.24, 2.45) is 0 Å². The van der Waals surface area contributed by atoms with Crippen molar-refractivity contribution in [3.63, 3.8) is 0 Å². The molecule has 6 heteroatoms. The van der Waals surface area contributed by atoms with Crippen molar-refractivity contribution in [3.05, 3.63) is 54.4 Å². The fourth-order valence-electron chi connectivity index (χ4n) is 2.32. The number of anilines is 1. The van der Waals surface area contributed by atoms with Gasteiger partial charge in [0.1, 0.15) is 17.5 Å². The van der Waals surface area contributed by atoms with E-state index in [1.54, 1.807) is 14.2 Å². The lowest BCUT2D eigenvalue weighted by Crippen LogP contribution is -2.08. The quantitative estimate of drug-likeness (QED) is 0.740. The molecular formula is C18H19N3O3. The van der Waals surface area contributed by atoms with Crippen molar-refractivity contribution < 1.29 is 13.9 Å². The van der Waals surface area contributed by atoms with Crippen molar-refractivity contribution in [2.45, 2.75) is 13.0 Å². The lowest BCUT2D eigenvalue weighted by Gasteiger charge is -2.15. The van der Waals surface area contributed by atoms with Gasteiger partial charge in [-0.2, -0.15) is 0 Å². The number of nitrogens with zero attached hydrogens (tertiary/aromatic N) is 2. The molecule has 0 bridgehead atoms. The Morgan fingerprint density at radius 1 is 1.00 bits per heavy atom. The minimum absolute atomic E-state index is 0.169. The summed E-state index contributed by atoms with van der Waals surface area (Å²) in [6, 6.07) is 15.1. The monoisotopic (exact) mass is 325 g/mol. The first-order chi connectivity index (χ1) is 11.7. The summed E-state index contributed by atoms with van der Waals surface area (Å²) in [6.07, 6.45) is 0. The van der Waals surface area contributed by atoms with Crippen LogP contribution in [-0.2, 0) is 0 Å². The highest BCUT2D eigenvalue weighted by Crippen LogP contribution is 2.32. The predicted molar refractivity (Wildman–Crippen MR) is 91.3 cm³/mol. The van der Waals surface area contributed by atoms with Crippen LogP contribution in [-0.4, -0.2) is 24.4 Å². The molecule has 0 fully saturated rings. The summed E-state index contributed by atoms with van der Waals surface area (Å²) in [5.74, 6) is 2.42. The molecule has 124 valence electrons. The molecule has 0 amide bonds. The van der Waals surface area contributed by atoms with Crippen LogP contribution in [0.25, 0.3) is 11.5 Å². The van der Waals surface area contributed by atoms with Crippen LogP contribution in [0.2, 0.25) is 0 Å². The van der Waals surface area contributed by atoms with Crippen molar-refractivity contribution in [1.82, 2.24) is 10.2 Å². The first-order valence-corrected chi connectivity index (χ1v) is 7.58. The van der Waals surface area contributed by atoms with Crippen molar-refractivity contribution in [1.29, 1.82) is 0 Å². The van der Waals surface area contributed by atoms with Crippen LogP contribution in [0.4, 0.5) is 5.69 Å². The molecule has 3 aromatic rings. The third-order valence-corrected chi connectivity index (χ3v) is 3.61. The Labute approximate surface area is 140 Å². The van der Waals surface area contributed by atoms with Gasteiger partial charge in [-0.1, -0.05) is 18.2 Å². The predicted octanol–water partition coefficient (Wildman–Crippen LogP) is 3.93. The van der Waals surface area contributed by atoms with Gasteiger partial charge in [0.15, 0.2) is 0 Å². The Balaban J connectivity index is 1.78. The Hall–Kier alpha value is -3.02. The maximum Gasteiger partial charge on any atom is 0.247 e. The van der Waals surface area contributed by atoms with Gasteiger partial charge in [0.05, 0.1) is 19.9 Å². The highest BCUT2D eigenvalue weighted by molar-refractivity contribution is 5.60. The van der Waals surface area contributed by atoms with Gasteiger partial charge in [-0.05, 0) is 31.2 Å². The van der Waals surface area contributed by atoms with Crippen LogP contribution in [0.15, 0.2) is 52.9 Å². The van der Waals surface area contributed by atoms with Crippen LogP contribution in [0, 0.1) is 0 Å². The largest absolute Gasteiger partial charge is 0.497 e. The summed E-state index contributed by atoms with van der Waals surface area (Å²) < 4.78 is 16.4. The Kier molecular flexibility index (Phi) is 4.65. The second kappa shape index (κ2) is 7.04. The zero-order valence-corrected chi connectivity index (χ0v) is 13.8. The van der Waals surface area contributed by atoms with Gasteiger partial charge in [0, 0.05) is 11.6 Å². The van der Waals surface area contributed by atoms with Crippen LogP contribution >= 0.6 is 0 Å². The Bertz CT molecular complexity index is 802. The Morgan fingerprint density at radius 3 is 2.50 bits per heavy atom. The molecule has 0 aliphatic heterocycles. The molecule has 24 heavy (non-hydrogen) atoms. The summed E-state index contributed by atoms with van der Waals surface area (Å²) in [7, 11) is 3.23. The van der Waals surface area contributed by atoms with Gasteiger partial charge >= 0.3 is 0 Å². The maximum absolute atomic E-state index is 5.77. The molecule has 0 spiro atoms. The van der Waals surface area contributed by atoms with Gasteiger partial charge in [-0.15, -0.1) is 10.2 Å². The van der Waals surface area contributed by atoms with Gasteiger partial charge in [-0.3, -0.25) is 0 Å².